The molecule has 2 rings (SSSR count). The molecule has 1 aromatic rings. The Kier molecular flexibility index (Phi) is 3.71. The van der Waals surface area contributed by atoms with E-state index in [1.54, 1.807) is 0 Å². The van der Waals surface area contributed by atoms with Crippen molar-refractivity contribution in [2.24, 2.45) is 0 Å². The van der Waals surface area contributed by atoms with Gasteiger partial charge >= 0.3 is 6.18 Å². The normalized spacial score (nSPS) is 14.8. The van der Waals surface area contributed by atoms with Crippen molar-refractivity contribution in [2.45, 2.75) is 32.0 Å². The largest absolute Gasteiger partial charge is 0.405 e. The lowest BCUT2D eigenvalue weighted by molar-refractivity contribution is -0.120. The quantitative estimate of drug-likeness (QED) is 0.796. The van der Waals surface area contributed by atoms with Crippen LogP contribution in [0.2, 0.25) is 0 Å². The highest BCUT2D eigenvalue weighted by Gasteiger charge is 2.39. The number of anilines is 1. The fourth-order valence-electron chi connectivity index (χ4n) is 2.13. The van der Waals surface area contributed by atoms with Gasteiger partial charge < -0.3 is 4.90 Å². The van der Waals surface area contributed by atoms with Gasteiger partial charge in [0, 0.05) is 17.3 Å². The van der Waals surface area contributed by atoms with Crippen molar-refractivity contribution < 1.29 is 18.0 Å². The van der Waals surface area contributed by atoms with Crippen LogP contribution in [0.25, 0.3) is 0 Å². The van der Waals surface area contributed by atoms with Gasteiger partial charge in [-0.2, -0.15) is 18.4 Å². The van der Waals surface area contributed by atoms with Crippen LogP contribution < -0.4 is 4.90 Å². The Morgan fingerprint density at radius 1 is 1.45 bits per heavy atom. The molecular weight excluding hydrogens is 269 g/mol. The maximum Gasteiger partial charge on any atom is 0.405 e. The van der Waals surface area contributed by atoms with Gasteiger partial charge in [-0.3, -0.25) is 4.79 Å². The highest BCUT2D eigenvalue weighted by atomic mass is 19.4. The van der Waals surface area contributed by atoms with Crippen molar-refractivity contribution in [2.75, 3.05) is 11.4 Å². The summed E-state index contributed by atoms with van der Waals surface area (Å²) in [5, 5.41) is 8.88. The molecule has 0 radical (unpaired) electrons. The van der Waals surface area contributed by atoms with Crippen LogP contribution in [0.15, 0.2) is 18.2 Å². The molecular formula is C14H13F3N2O. The number of alkyl halides is 3. The number of halogens is 3. The zero-order chi connectivity index (χ0) is 14.9. The SMILES string of the molecule is CC(=O)c1ccc(C#N)cc1N(CC(F)(F)F)C1CC1. The number of nitrogens with zero attached hydrogens (tertiary/aromatic N) is 2. The number of benzene rings is 1. The lowest BCUT2D eigenvalue weighted by atomic mass is 10.0. The molecule has 0 spiro atoms. The van der Waals surface area contributed by atoms with Gasteiger partial charge in [-0.15, -0.1) is 0 Å². The fourth-order valence-corrected chi connectivity index (χ4v) is 2.13. The van der Waals surface area contributed by atoms with Crippen molar-refractivity contribution >= 4 is 11.5 Å². The number of rotatable bonds is 4. The minimum Gasteiger partial charge on any atom is -0.359 e. The Morgan fingerprint density at radius 3 is 2.55 bits per heavy atom. The summed E-state index contributed by atoms with van der Waals surface area (Å²) in [5.74, 6) is -0.308. The Balaban J connectivity index is 2.46. The predicted molar refractivity (Wildman–Crippen MR) is 67.6 cm³/mol. The Hall–Kier alpha value is -2.03. The minimum atomic E-state index is -4.35. The molecule has 0 atom stereocenters. The van der Waals surface area contributed by atoms with Gasteiger partial charge in [0.2, 0.25) is 0 Å². The van der Waals surface area contributed by atoms with E-state index >= 15 is 0 Å². The van der Waals surface area contributed by atoms with Gasteiger partial charge in [0.05, 0.1) is 11.6 Å². The van der Waals surface area contributed by atoms with E-state index in [0.717, 1.165) is 0 Å². The first-order chi connectivity index (χ1) is 9.31. The van der Waals surface area contributed by atoms with Crippen LogP contribution in [0, 0.1) is 11.3 Å². The maximum atomic E-state index is 12.7. The standard InChI is InChI=1S/C14H13F3N2O/c1-9(20)12-5-2-10(7-18)6-13(12)19(11-3-4-11)8-14(15,16)17/h2,5-6,11H,3-4,8H2,1H3. The number of hydrogen-bond donors (Lipinski definition) is 0. The van der Waals surface area contributed by atoms with E-state index in [1.165, 1.54) is 30.0 Å². The summed E-state index contributed by atoms with van der Waals surface area (Å²) in [6.07, 6.45) is -3.01. The molecule has 1 aliphatic carbocycles. The van der Waals surface area contributed by atoms with Crippen LogP contribution in [0.1, 0.15) is 35.7 Å². The topological polar surface area (TPSA) is 44.1 Å². The summed E-state index contributed by atoms with van der Waals surface area (Å²) in [4.78, 5) is 12.8. The second-order valence-corrected chi connectivity index (χ2v) is 4.87. The molecule has 20 heavy (non-hydrogen) atoms. The molecule has 1 fully saturated rings. The van der Waals surface area contributed by atoms with Crippen LogP contribution >= 0.6 is 0 Å². The second kappa shape index (κ2) is 5.16. The van der Waals surface area contributed by atoms with Crippen LogP contribution in [0.4, 0.5) is 18.9 Å². The van der Waals surface area contributed by atoms with Crippen LogP contribution in [0.5, 0.6) is 0 Å². The van der Waals surface area contributed by atoms with Crippen molar-refractivity contribution in [3.63, 3.8) is 0 Å². The molecule has 0 heterocycles. The lowest BCUT2D eigenvalue weighted by Crippen LogP contribution is -2.36. The van der Waals surface area contributed by atoms with Gasteiger partial charge in [0.1, 0.15) is 6.54 Å². The smallest absolute Gasteiger partial charge is 0.359 e. The van der Waals surface area contributed by atoms with Crippen LogP contribution in [-0.2, 0) is 0 Å². The molecule has 0 amide bonds. The zero-order valence-electron chi connectivity index (χ0n) is 10.9. The monoisotopic (exact) mass is 282 g/mol. The van der Waals surface area contributed by atoms with Crippen molar-refractivity contribution in [3.8, 4) is 6.07 Å². The molecule has 0 aliphatic heterocycles. The third kappa shape index (κ3) is 3.29. The summed E-state index contributed by atoms with van der Waals surface area (Å²) in [6, 6.07) is 5.91. The molecule has 0 unspecified atom stereocenters. The maximum absolute atomic E-state index is 12.7. The first-order valence-corrected chi connectivity index (χ1v) is 6.20. The van der Waals surface area contributed by atoms with Crippen LogP contribution in [0.3, 0.4) is 0 Å². The summed E-state index contributed by atoms with van der Waals surface area (Å²) in [7, 11) is 0. The lowest BCUT2D eigenvalue weighted by Gasteiger charge is -2.27. The van der Waals surface area contributed by atoms with Crippen LogP contribution in [-0.4, -0.2) is 24.5 Å². The van der Waals surface area contributed by atoms with Gasteiger partial charge in [0.15, 0.2) is 5.78 Å². The fraction of sp³-hybridized carbons (Fsp3) is 0.429. The third-order valence-corrected chi connectivity index (χ3v) is 3.15. The Labute approximate surface area is 114 Å². The van der Waals surface area contributed by atoms with E-state index in [2.05, 4.69) is 0 Å². The van der Waals surface area contributed by atoms with Gasteiger partial charge in [-0.1, -0.05) is 0 Å². The second-order valence-electron chi connectivity index (χ2n) is 4.87. The minimum absolute atomic E-state index is 0.205. The Bertz CT molecular complexity index is 571. The number of carbonyl (C=O) groups is 1. The molecule has 0 saturated heterocycles. The molecule has 106 valence electrons. The molecule has 6 heteroatoms. The average molecular weight is 282 g/mol. The first kappa shape index (κ1) is 14.4. The van der Waals surface area contributed by atoms with Gasteiger partial charge in [-0.25, -0.2) is 0 Å². The number of carbonyl (C=O) groups excluding carboxylic acids is 1. The van der Waals surface area contributed by atoms with E-state index in [1.807, 2.05) is 6.07 Å². The van der Waals surface area contributed by atoms with E-state index in [9.17, 15) is 18.0 Å². The zero-order valence-corrected chi connectivity index (χ0v) is 10.9. The predicted octanol–water partition coefficient (Wildman–Crippen LogP) is 3.29. The summed E-state index contributed by atoms with van der Waals surface area (Å²) in [5.41, 5.74) is 0.675. The van der Waals surface area contributed by atoms with Gasteiger partial charge in [0.25, 0.3) is 0 Å². The molecule has 0 N–H and O–H groups in total. The number of nitriles is 1. The first-order valence-electron chi connectivity index (χ1n) is 6.20. The van der Waals surface area contributed by atoms with E-state index < -0.39 is 12.7 Å². The van der Waals surface area contributed by atoms with E-state index in [-0.39, 0.29) is 28.6 Å². The average Bonchev–Trinajstić information content (AvgIpc) is 3.18. The Morgan fingerprint density at radius 2 is 2.10 bits per heavy atom. The number of ketones is 1. The van der Waals surface area contributed by atoms with E-state index in [4.69, 9.17) is 5.26 Å². The van der Waals surface area contributed by atoms with E-state index in [0.29, 0.717) is 12.8 Å². The summed E-state index contributed by atoms with van der Waals surface area (Å²) < 4.78 is 38.1. The number of Topliss-reactive ketones (excluding diaryl/α,β-unsaturated/α-hetero) is 1. The molecule has 0 aromatic heterocycles. The van der Waals surface area contributed by atoms with Gasteiger partial charge in [-0.05, 0) is 38.0 Å². The highest BCUT2D eigenvalue weighted by Crippen LogP contribution is 2.36. The molecule has 0 bridgehead atoms. The summed E-state index contributed by atoms with van der Waals surface area (Å²) in [6.45, 7) is 0.205. The third-order valence-electron chi connectivity index (χ3n) is 3.15. The molecule has 1 aliphatic rings. The molecule has 1 aromatic carbocycles. The molecule has 3 nitrogen and oxygen atoms in total. The summed E-state index contributed by atoms with van der Waals surface area (Å²) >= 11 is 0. The number of hydrogen-bond acceptors (Lipinski definition) is 3. The highest BCUT2D eigenvalue weighted by molar-refractivity contribution is 6.00. The van der Waals surface area contributed by atoms with Crippen molar-refractivity contribution in [1.29, 1.82) is 5.26 Å². The molecule has 1 saturated carbocycles. The van der Waals surface area contributed by atoms with Crippen molar-refractivity contribution in [3.05, 3.63) is 29.3 Å². The van der Waals surface area contributed by atoms with Crippen molar-refractivity contribution in [1.82, 2.24) is 0 Å².